The van der Waals surface area contributed by atoms with Gasteiger partial charge >= 0.3 is 11.9 Å². The van der Waals surface area contributed by atoms with Crippen LogP contribution in [-0.2, 0) is 9.47 Å². The highest BCUT2D eigenvalue weighted by Crippen LogP contribution is 2.44. The predicted octanol–water partition coefficient (Wildman–Crippen LogP) is 19.6. The number of hydrogen-bond acceptors (Lipinski definition) is 8. The van der Waals surface area contributed by atoms with E-state index >= 15 is 0 Å². The second-order valence-electron chi connectivity index (χ2n) is 23.1. The first-order valence-corrected chi connectivity index (χ1v) is 31.4. The molecule has 0 aliphatic carbocycles. The molecular weight excluding hydrogens is 1160 g/mol. The summed E-state index contributed by atoms with van der Waals surface area (Å²) in [7, 11) is 0. The Bertz CT molecular complexity index is 5440. The smallest absolute Gasteiger partial charge is 0.338 e. The number of hydrogen-bond donors (Lipinski definition) is 4. The maximum atomic E-state index is 13.0. The third-order valence-electron chi connectivity index (χ3n) is 17.4. The van der Waals surface area contributed by atoms with Crippen molar-refractivity contribution in [3.05, 3.63) is 275 Å². The number of aromatic amines is 4. The number of ether oxygens (including phenoxy) is 2. The van der Waals surface area contributed by atoms with Gasteiger partial charge in [0.1, 0.15) is 0 Å². The zero-order valence-corrected chi connectivity index (χ0v) is 51.2. The average Bonchev–Trinajstić information content (AvgIpc) is 1.60. The quantitative estimate of drug-likeness (QED) is 0.0929. The van der Waals surface area contributed by atoms with Crippen LogP contribution in [0.3, 0.4) is 0 Å². The lowest BCUT2D eigenvalue weighted by molar-refractivity contribution is 0.0517. The first-order valence-electron chi connectivity index (χ1n) is 31.4. The molecule has 94 heavy (non-hydrogen) atoms. The van der Waals surface area contributed by atoms with Crippen LogP contribution in [0.15, 0.2) is 218 Å². The van der Waals surface area contributed by atoms with Crippen molar-refractivity contribution in [2.45, 2.75) is 13.8 Å². The Labute approximate surface area is 540 Å². The molecule has 4 N–H and O–H groups in total. The van der Waals surface area contributed by atoms with E-state index in [0.717, 1.165) is 156 Å². The van der Waals surface area contributed by atoms with E-state index in [1.54, 1.807) is 38.1 Å². The highest BCUT2D eigenvalue weighted by atomic mass is 16.5. The summed E-state index contributed by atoms with van der Waals surface area (Å²) in [6, 6.07) is 73.7. The lowest BCUT2D eigenvalue weighted by atomic mass is 9.92. The molecule has 0 fully saturated rings. The number of fused-ring (bicyclic) bond motifs is 16. The summed E-state index contributed by atoms with van der Waals surface area (Å²) in [4.78, 5) is 63.8. The molecule has 6 aromatic carbocycles. The molecule has 0 saturated carbocycles. The van der Waals surface area contributed by atoms with Gasteiger partial charge < -0.3 is 29.4 Å². The van der Waals surface area contributed by atoms with Gasteiger partial charge in [-0.3, -0.25) is 0 Å². The van der Waals surface area contributed by atoms with E-state index in [-0.39, 0.29) is 25.2 Å². The van der Waals surface area contributed by atoms with Crippen molar-refractivity contribution in [3.8, 4) is 77.9 Å². The van der Waals surface area contributed by atoms with Crippen LogP contribution in [0, 0.1) is 0 Å². The van der Waals surface area contributed by atoms with Crippen LogP contribution in [0.2, 0.25) is 0 Å². The standard InChI is InChI=1S/C82H58N8O4/c1-3-93-81(91)54-28-24-52(25-29-54)77-60-34-32-56(83-60)48-57-33-35-61(84-57)78(53-26-30-55(31-27-53)82(92)94-4-2)69-43-47-73(90-69)80(72-46-42-68(77)89-72)59-23-15-14-22-58(59)79-70-44-40-66(87-70)75(50-18-10-6-11-19-50)64-38-36-62(85-64)74(49-16-8-5-9-17-49)63-37-39-65(86-63)76(51-20-12-7-13-21-51)67-41-45-71(79)88-67/h5-48,83,85,88,90H,3-4H2,1-2H3. The lowest BCUT2D eigenvalue weighted by Crippen LogP contribution is -2.04. The zero-order chi connectivity index (χ0) is 63.2. The fourth-order valence-corrected chi connectivity index (χ4v) is 13.1. The second kappa shape index (κ2) is 24.0. The van der Waals surface area contributed by atoms with E-state index in [0.29, 0.717) is 22.5 Å². The van der Waals surface area contributed by atoms with Gasteiger partial charge in [0.05, 0.1) is 69.9 Å². The Morgan fingerprint density at radius 1 is 0.298 bits per heavy atom. The lowest BCUT2D eigenvalue weighted by Gasteiger charge is -2.13. The number of esters is 2. The molecule has 0 saturated heterocycles. The van der Waals surface area contributed by atoms with Gasteiger partial charge in [0.25, 0.3) is 0 Å². The first kappa shape index (κ1) is 56.7. The van der Waals surface area contributed by atoms with Crippen molar-refractivity contribution in [2.24, 2.45) is 0 Å². The largest absolute Gasteiger partial charge is 0.462 e. The van der Waals surface area contributed by atoms with Crippen LogP contribution in [0.1, 0.15) is 80.1 Å². The molecule has 4 aliphatic heterocycles. The molecule has 0 spiro atoms. The van der Waals surface area contributed by atoms with Gasteiger partial charge in [-0.05, 0) is 180 Å². The molecule has 16 bridgehead atoms. The van der Waals surface area contributed by atoms with Gasteiger partial charge in [-0.2, -0.15) is 0 Å². The molecule has 0 amide bonds. The summed E-state index contributed by atoms with van der Waals surface area (Å²) < 4.78 is 10.8. The van der Waals surface area contributed by atoms with Gasteiger partial charge in [-0.25, -0.2) is 29.5 Å². The first-order chi connectivity index (χ1) is 46.3. The van der Waals surface area contributed by atoms with Gasteiger partial charge in [-0.15, -0.1) is 0 Å². The number of nitrogens with zero attached hydrogens (tertiary/aromatic N) is 4. The van der Waals surface area contributed by atoms with E-state index in [9.17, 15) is 9.59 Å². The maximum Gasteiger partial charge on any atom is 0.338 e. The van der Waals surface area contributed by atoms with Crippen molar-refractivity contribution in [1.82, 2.24) is 39.9 Å². The topological polar surface area (TPSA) is 167 Å². The minimum atomic E-state index is -0.390. The van der Waals surface area contributed by atoms with Crippen LogP contribution in [0.5, 0.6) is 0 Å². The number of carbonyl (C=O) groups excluding carboxylic acids is 2. The normalized spacial score (nSPS) is 12.1. The fraction of sp³-hybridized carbons (Fsp3) is 0.0488. The highest BCUT2D eigenvalue weighted by Gasteiger charge is 2.24. The molecular formula is C82H58N8O4. The molecule has 6 aromatic heterocycles. The number of H-pyrrole nitrogens is 4. The molecule has 0 atom stereocenters. The molecule has 4 aliphatic rings. The predicted molar refractivity (Wildman–Crippen MR) is 381 cm³/mol. The van der Waals surface area contributed by atoms with Gasteiger partial charge in [0.15, 0.2) is 0 Å². The molecule has 10 heterocycles. The van der Waals surface area contributed by atoms with Gasteiger partial charge in [0.2, 0.25) is 0 Å². The van der Waals surface area contributed by atoms with Crippen LogP contribution < -0.4 is 0 Å². The Morgan fingerprint density at radius 3 is 0.947 bits per heavy atom. The fourth-order valence-electron chi connectivity index (χ4n) is 13.1. The van der Waals surface area contributed by atoms with E-state index in [2.05, 4.69) is 196 Å². The molecule has 12 aromatic rings. The van der Waals surface area contributed by atoms with Crippen LogP contribution in [-0.4, -0.2) is 65.0 Å². The SMILES string of the molecule is CCOC(=O)c1ccc(-c2c3nc(c(-c4ccccc4-c4c5nc(c(-c6ccccc6)c6ccc([nH]6)c(-c6ccccc6)c6nc(c(-c7ccccc7)c7ccc4[nH]7)C=C6)C=C5)c4ccc([nH]4)c(-c4ccc(C(=O)OCC)cc4)c4nc(cc5ccc2[nH]5)C=C4)C=C3)cc1. The van der Waals surface area contributed by atoms with Crippen molar-refractivity contribution in [1.29, 1.82) is 0 Å². The molecule has 450 valence electrons. The van der Waals surface area contributed by atoms with Crippen LogP contribution >= 0.6 is 0 Å². The van der Waals surface area contributed by atoms with Crippen molar-refractivity contribution >= 4 is 105 Å². The highest BCUT2D eigenvalue weighted by molar-refractivity contribution is 6.06. The summed E-state index contributed by atoms with van der Waals surface area (Å²) >= 11 is 0. The van der Waals surface area contributed by atoms with Gasteiger partial charge in [0, 0.05) is 83.1 Å². The number of benzene rings is 6. The average molecular weight is 1220 g/mol. The van der Waals surface area contributed by atoms with E-state index in [1.165, 1.54) is 0 Å². The Kier molecular flexibility index (Phi) is 14.5. The Hall–Kier alpha value is -12.5. The summed E-state index contributed by atoms with van der Waals surface area (Å²) in [5, 5.41) is 0. The van der Waals surface area contributed by atoms with Crippen molar-refractivity contribution < 1.29 is 19.1 Å². The monoisotopic (exact) mass is 1220 g/mol. The van der Waals surface area contributed by atoms with E-state index < -0.39 is 0 Å². The van der Waals surface area contributed by atoms with Crippen molar-refractivity contribution in [3.63, 3.8) is 0 Å². The molecule has 0 radical (unpaired) electrons. The Morgan fingerprint density at radius 2 is 0.585 bits per heavy atom. The van der Waals surface area contributed by atoms with Gasteiger partial charge in [-0.1, -0.05) is 140 Å². The summed E-state index contributed by atoms with van der Waals surface area (Å²) in [6.07, 6.45) is 16.7. The Balaban J connectivity index is 1.02. The minimum absolute atomic E-state index is 0.267. The summed E-state index contributed by atoms with van der Waals surface area (Å²) in [6.45, 7) is 4.14. The minimum Gasteiger partial charge on any atom is -0.462 e. The summed E-state index contributed by atoms with van der Waals surface area (Å²) in [5.74, 6) is -0.780. The second-order valence-corrected chi connectivity index (χ2v) is 23.1. The zero-order valence-electron chi connectivity index (χ0n) is 51.2. The molecule has 16 rings (SSSR count). The molecule has 12 heteroatoms. The van der Waals surface area contributed by atoms with E-state index in [1.807, 2.05) is 66.7 Å². The number of aromatic nitrogens is 8. The third-order valence-corrected chi connectivity index (χ3v) is 17.4. The van der Waals surface area contributed by atoms with Crippen molar-refractivity contribution in [2.75, 3.05) is 13.2 Å². The number of carbonyl (C=O) groups is 2. The van der Waals surface area contributed by atoms with Crippen LogP contribution in [0.4, 0.5) is 0 Å². The van der Waals surface area contributed by atoms with Crippen LogP contribution in [0.25, 0.3) is 171 Å². The maximum absolute atomic E-state index is 13.0. The summed E-state index contributed by atoms with van der Waals surface area (Å²) in [5.41, 5.74) is 26.4. The molecule has 12 nitrogen and oxygen atoms in total. The third kappa shape index (κ3) is 10.4. The molecule has 0 unspecified atom stereocenters. The number of nitrogens with one attached hydrogen (secondary N) is 4. The number of rotatable bonds is 11. The van der Waals surface area contributed by atoms with E-state index in [4.69, 9.17) is 29.4 Å².